The van der Waals surface area contributed by atoms with Crippen LogP contribution in [-0.4, -0.2) is 138 Å². The molecule has 76 heavy (non-hydrogen) atoms. The van der Waals surface area contributed by atoms with Crippen LogP contribution in [0.15, 0.2) is 60.8 Å². The summed E-state index contributed by atoms with van der Waals surface area (Å²) in [6, 6.07) is 13.0. The monoisotopic (exact) mass is 1050 g/mol. The molecule has 2 bridgehead atoms. The molecule has 4 aromatic rings. The SMILES string of the molecule is [C-]#[N+]c1c2c(nn1CCCC(=O)CCOCCOCCN[C@@H]1C[C@H](C(=O)N[C@@H](CC)c3ccccc3)N(C(=O)[C@H](NC(=O)[C@@H](C)NC)C(C)(C)C)C1)CN(C)C(=O)c1ccc(F)cc1[C@H]1CCCN1c1cc-2cnc1N. The van der Waals surface area contributed by atoms with Crippen LogP contribution in [0.25, 0.3) is 16.0 Å². The van der Waals surface area contributed by atoms with Crippen LogP contribution < -0.4 is 31.9 Å². The fraction of sp³-hybridized carbons (Fsp3) is 0.536. The first kappa shape index (κ1) is 56.9. The minimum Gasteiger partial charge on any atom is -0.382 e. The standard InChI is InChI=1S/C56H75FN12O7/c1-9-43(36-15-11-10-12-16-36)63-53(72)47-31-39(33-68(47)55(74)49(56(3,4)5)64-52(71)35(2)59-6)61-22-26-76-28-27-75-25-21-40(70)17-13-24-69-51(60-7)48-37-29-46(50(58)62-32-37)67-23-14-18-45(67)42-30-38(57)19-20-41(42)54(73)66(8)34-44(48)65-69/h10-12,15-16,19-20,29-30,32,35,39,43,45,47,49,59,61H,9,13-14,17-18,21-28,31,33-34H2,1-6,8H3,(H2,58,62)(H,63,72)(H,64,71)/t35-,39-,43+,45-,47-,49+/m1/s1. The second-order valence-electron chi connectivity index (χ2n) is 21.1. The zero-order chi connectivity index (χ0) is 54.7. The van der Waals surface area contributed by atoms with Gasteiger partial charge in [-0.1, -0.05) is 64.6 Å². The third kappa shape index (κ3) is 13.6. The number of nitrogens with two attached hydrogens (primary N) is 1. The number of hydrogen-bond donors (Lipinski definition) is 5. The molecule has 19 nitrogen and oxygen atoms in total. The summed E-state index contributed by atoms with van der Waals surface area (Å²) in [6.07, 6.45) is 5.01. The minimum atomic E-state index is -0.869. The van der Waals surface area contributed by atoms with E-state index >= 15 is 0 Å². The van der Waals surface area contributed by atoms with Gasteiger partial charge in [-0.15, -0.1) is 5.10 Å². The lowest BCUT2D eigenvalue weighted by Crippen LogP contribution is -2.59. The Kier molecular flexibility index (Phi) is 19.4. The van der Waals surface area contributed by atoms with Crippen LogP contribution in [-0.2, 0) is 41.7 Å². The lowest BCUT2D eigenvalue weighted by atomic mass is 9.85. The number of ether oxygens (including phenoxy) is 2. The summed E-state index contributed by atoms with van der Waals surface area (Å²) in [5.41, 5.74) is 10.1. The highest BCUT2D eigenvalue weighted by molar-refractivity contribution is 5.97. The van der Waals surface area contributed by atoms with E-state index < -0.39 is 29.4 Å². The Bertz CT molecular complexity index is 2740. The number of fused-ring (bicyclic) bond motifs is 8. The molecule has 3 aliphatic heterocycles. The molecule has 4 amide bonds. The number of likely N-dealkylation sites (N-methyl/N-ethyl adjacent to an activating group) is 1. The van der Waals surface area contributed by atoms with Crippen molar-refractivity contribution in [3.63, 3.8) is 0 Å². The molecular formula is C56H75FN12O7. The molecule has 2 aromatic heterocycles. The number of nitrogen functional groups attached to an aromatic ring is 1. The van der Waals surface area contributed by atoms with E-state index in [4.69, 9.17) is 26.9 Å². The van der Waals surface area contributed by atoms with Crippen LogP contribution in [0.5, 0.6) is 0 Å². The average molecular weight is 1050 g/mol. The second kappa shape index (κ2) is 25.8. The Morgan fingerprint density at radius 1 is 1.01 bits per heavy atom. The number of pyridine rings is 1. The number of hydrogen-bond acceptors (Lipinski definition) is 13. The highest BCUT2D eigenvalue weighted by Crippen LogP contribution is 2.44. The Morgan fingerprint density at radius 2 is 1.76 bits per heavy atom. The number of rotatable bonds is 22. The van der Waals surface area contributed by atoms with E-state index in [0.29, 0.717) is 85.6 Å². The lowest BCUT2D eigenvalue weighted by molar-refractivity contribution is -0.144. The summed E-state index contributed by atoms with van der Waals surface area (Å²) in [7, 11) is 3.34. The van der Waals surface area contributed by atoms with Gasteiger partial charge in [0.25, 0.3) is 11.7 Å². The maximum Gasteiger partial charge on any atom is 0.260 e. The predicted octanol–water partition coefficient (Wildman–Crippen LogP) is 5.88. The number of anilines is 2. The third-order valence-corrected chi connectivity index (χ3v) is 14.6. The van der Waals surface area contributed by atoms with E-state index in [-0.39, 0.29) is 105 Å². The van der Waals surface area contributed by atoms with Crippen molar-refractivity contribution in [3.8, 4) is 11.1 Å². The Hall–Kier alpha value is -6.79. The number of benzene rings is 2. The molecular weight excluding hydrogens is 972 g/mol. The van der Waals surface area contributed by atoms with Crippen LogP contribution in [0.4, 0.5) is 21.7 Å². The van der Waals surface area contributed by atoms with Gasteiger partial charge in [0.2, 0.25) is 17.7 Å². The molecule has 3 aliphatic rings. The number of nitrogens with zero attached hydrogens (tertiary/aromatic N) is 7. The predicted molar refractivity (Wildman–Crippen MR) is 288 cm³/mol. The number of aryl methyl sites for hydroxylation is 1. The minimum absolute atomic E-state index is 0.00136. The first-order valence-corrected chi connectivity index (χ1v) is 26.5. The van der Waals surface area contributed by atoms with Gasteiger partial charge in [0.1, 0.15) is 35.2 Å². The number of aromatic nitrogens is 3. The highest BCUT2D eigenvalue weighted by Gasteiger charge is 2.45. The summed E-state index contributed by atoms with van der Waals surface area (Å²) in [6.45, 7) is 20.5. The van der Waals surface area contributed by atoms with E-state index in [1.165, 1.54) is 23.1 Å². The molecule has 0 saturated carbocycles. The van der Waals surface area contributed by atoms with Crippen molar-refractivity contribution < 1.29 is 37.8 Å². The van der Waals surface area contributed by atoms with Gasteiger partial charge in [0.05, 0.1) is 63.3 Å². The number of nitrogens with one attached hydrogen (secondary N) is 4. The topological polar surface area (TPSA) is 223 Å². The highest BCUT2D eigenvalue weighted by atomic mass is 19.1. The summed E-state index contributed by atoms with van der Waals surface area (Å²) in [5, 5.41) is 17.3. The molecule has 7 rings (SSSR count). The largest absolute Gasteiger partial charge is 0.382 e. The molecule has 2 aromatic carbocycles. The van der Waals surface area contributed by atoms with Crippen molar-refractivity contribution >= 4 is 46.7 Å². The van der Waals surface area contributed by atoms with Gasteiger partial charge in [0.15, 0.2) is 0 Å². The zero-order valence-corrected chi connectivity index (χ0v) is 45.0. The second-order valence-corrected chi connectivity index (χ2v) is 21.1. The van der Waals surface area contributed by atoms with Crippen molar-refractivity contribution in [1.29, 1.82) is 0 Å². The molecule has 408 valence electrons. The van der Waals surface area contributed by atoms with Crippen LogP contribution >= 0.6 is 0 Å². The Morgan fingerprint density at radius 3 is 2.47 bits per heavy atom. The molecule has 20 heteroatoms. The number of ketones is 1. The zero-order valence-electron chi connectivity index (χ0n) is 45.0. The number of amides is 4. The third-order valence-electron chi connectivity index (χ3n) is 14.6. The number of carbonyl (C=O) groups is 5. The van der Waals surface area contributed by atoms with Crippen molar-refractivity contribution in [3.05, 3.63) is 100 Å². The van der Waals surface area contributed by atoms with E-state index in [1.807, 2.05) is 64.1 Å². The van der Waals surface area contributed by atoms with Gasteiger partial charge >= 0.3 is 0 Å². The van der Waals surface area contributed by atoms with Gasteiger partial charge in [-0.3, -0.25) is 24.0 Å². The van der Waals surface area contributed by atoms with Crippen LogP contribution in [0.3, 0.4) is 0 Å². The van der Waals surface area contributed by atoms with E-state index in [9.17, 15) is 28.4 Å². The molecule has 0 unspecified atom stereocenters. The molecule has 0 aliphatic carbocycles. The van der Waals surface area contributed by atoms with Gasteiger partial charge < -0.3 is 56.0 Å². The molecule has 6 N–H and O–H groups in total. The first-order valence-electron chi connectivity index (χ1n) is 26.5. The summed E-state index contributed by atoms with van der Waals surface area (Å²) >= 11 is 0. The average Bonchev–Trinajstić information content (AvgIpc) is 4.16. The number of likely N-dealkylation sites (tertiary alicyclic amines) is 1. The Labute approximate surface area is 445 Å². The van der Waals surface area contributed by atoms with Gasteiger partial charge in [-0.05, 0) is 92.4 Å². The van der Waals surface area contributed by atoms with Crippen LogP contribution in [0, 0.1) is 17.8 Å². The number of Topliss-reactive ketones (excluding diaryl/α,β-unsaturated/α-hetero) is 1. The summed E-state index contributed by atoms with van der Waals surface area (Å²) in [5.74, 6) is -1.05. The van der Waals surface area contributed by atoms with Crippen molar-refractivity contribution in [2.24, 2.45) is 5.41 Å². The normalized spacial score (nSPS) is 18.6. The quantitative estimate of drug-likeness (QED) is 0.0459. The number of carbonyl (C=O) groups excluding carboxylic acids is 5. The molecule has 0 spiro atoms. The molecule has 0 radical (unpaired) electrons. The van der Waals surface area contributed by atoms with Gasteiger partial charge in [0, 0.05) is 62.9 Å². The van der Waals surface area contributed by atoms with E-state index in [0.717, 1.165) is 12.0 Å². The molecule has 2 fully saturated rings. The maximum absolute atomic E-state index is 14.7. The van der Waals surface area contributed by atoms with Crippen LogP contribution in [0.1, 0.15) is 119 Å². The van der Waals surface area contributed by atoms with Crippen molar-refractivity contribution in [1.82, 2.24) is 45.8 Å². The first-order chi connectivity index (χ1) is 36.4. The summed E-state index contributed by atoms with van der Waals surface area (Å²) in [4.78, 5) is 82.1. The van der Waals surface area contributed by atoms with E-state index in [1.54, 1.807) is 36.8 Å². The molecule has 6 atom stereocenters. The molecule has 5 heterocycles. The lowest BCUT2D eigenvalue weighted by Gasteiger charge is -2.36. The fourth-order valence-electron chi connectivity index (χ4n) is 10.3. The summed E-state index contributed by atoms with van der Waals surface area (Å²) < 4.78 is 27.9. The van der Waals surface area contributed by atoms with Crippen molar-refractivity contribution in [2.45, 2.75) is 129 Å². The van der Waals surface area contributed by atoms with Gasteiger partial charge in [-0.2, -0.15) is 4.68 Å². The van der Waals surface area contributed by atoms with Crippen molar-refractivity contribution in [2.75, 3.05) is 70.8 Å². The fourth-order valence-corrected chi connectivity index (χ4v) is 10.3. The maximum atomic E-state index is 14.7. The molecule has 2 saturated heterocycles. The van der Waals surface area contributed by atoms with Gasteiger partial charge in [-0.25, -0.2) is 9.37 Å². The Balaban J connectivity index is 0.882. The smallest absolute Gasteiger partial charge is 0.260 e. The van der Waals surface area contributed by atoms with E-state index in [2.05, 4.69) is 36.0 Å². The number of halogens is 1. The van der Waals surface area contributed by atoms with Crippen LogP contribution in [0.2, 0.25) is 0 Å².